The minimum atomic E-state index is -1.14. The van der Waals surface area contributed by atoms with Gasteiger partial charge in [-0.3, -0.25) is 4.79 Å². The lowest BCUT2D eigenvalue weighted by molar-refractivity contribution is 0.0141. The molecular weight excluding hydrogens is 320 g/mol. The summed E-state index contributed by atoms with van der Waals surface area (Å²) in [5.41, 5.74) is -1.79. The maximum Gasteiger partial charge on any atom is 0.257 e. The van der Waals surface area contributed by atoms with Crippen molar-refractivity contribution in [1.29, 1.82) is 0 Å². The number of nitrogens with one attached hydrogen (secondary N) is 1. The van der Waals surface area contributed by atoms with E-state index in [2.05, 4.69) is 21.2 Å². The second-order valence-corrected chi connectivity index (χ2v) is 5.85. The summed E-state index contributed by atoms with van der Waals surface area (Å²) in [5.74, 6) is -2.89. The number of benzene rings is 1. The van der Waals surface area contributed by atoms with Gasteiger partial charge in [0.2, 0.25) is 0 Å². The van der Waals surface area contributed by atoms with Crippen molar-refractivity contribution in [3.63, 3.8) is 0 Å². The average Bonchev–Trinajstić information content (AvgIpc) is 2.24. The van der Waals surface area contributed by atoms with Gasteiger partial charge in [0.25, 0.3) is 5.91 Å². The Bertz CT molecular complexity index is 467. The minimum absolute atomic E-state index is 0.0849. The maximum atomic E-state index is 13.5. The van der Waals surface area contributed by atoms with Crippen molar-refractivity contribution in [2.75, 3.05) is 6.54 Å². The second kappa shape index (κ2) is 5.96. The van der Waals surface area contributed by atoms with Crippen molar-refractivity contribution in [2.24, 2.45) is 5.92 Å². The first-order chi connectivity index (χ1) is 8.65. The van der Waals surface area contributed by atoms with E-state index in [0.717, 1.165) is 12.1 Å². The Hall–Kier alpha value is -1.01. The van der Waals surface area contributed by atoms with Crippen LogP contribution in [0, 0.1) is 17.6 Å². The highest BCUT2D eigenvalue weighted by atomic mass is 79.9. The van der Waals surface area contributed by atoms with E-state index < -0.39 is 28.7 Å². The van der Waals surface area contributed by atoms with Crippen LogP contribution in [0.1, 0.15) is 31.1 Å². The molecule has 0 bridgehead atoms. The van der Waals surface area contributed by atoms with Crippen LogP contribution < -0.4 is 5.32 Å². The molecule has 1 rings (SSSR count). The Labute approximate surface area is 119 Å². The van der Waals surface area contributed by atoms with Crippen molar-refractivity contribution in [1.82, 2.24) is 5.32 Å². The van der Waals surface area contributed by atoms with E-state index in [1.54, 1.807) is 20.8 Å². The van der Waals surface area contributed by atoms with Crippen LogP contribution in [-0.4, -0.2) is 23.2 Å². The van der Waals surface area contributed by atoms with E-state index in [0.29, 0.717) is 0 Å². The molecule has 0 radical (unpaired) electrons. The predicted molar refractivity (Wildman–Crippen MR) is 71.9 cm³/mol. The number of hydrogen-bond donors (Lipinski definition) is 2. The molecule has 0 aromatic heterocycles. The SMILES string of the molecule is CC(C)[C@@](C)(O)CNC(=O)c1c(F)cc(Br)cc1F. The third kappa shape index (κ3) is 3.98. The van der Waals surface area contributed by atoms with Crippen LogP contribution in [0.2, 0.25) is 0 Å². The standard InChI is InChI=1S/C13H16BrF2NO2/c1-7(2)13(3,19)6-17-12(18)11-9(15)4-8(14)5-10(11)16/h4-5,7,19H,6H2,1-3H3,(H,17,18)/t13-/m0/s1. The zero-order valence-electron chi connectivity index (χ0n) is 10.9. The number of amides is 1. The van der Waals surface area contributed by atoms with Gasteiger partial charge in [0.15, 0.2) is 0 Å². The lowest BCUT2D eigenvalue weighted by Gasteiger charge is -2.27. The van der Waals surface area contributed by atoms with Gasteiger partial charge in [-0.2, -0.15) is 0 Å². The molecule has 0 aliphatic heterocycles. The van der Waals surface area contributed by atoms with Crippen LogP contribution in [-0.2, 0) is 0 Å². The molecule has 0 saturated carbocycles. The van der Waals surface area contributed by atoms with Crippen molar-refractivity contribution < 1.29 is 18.7 Å². The average molecular weight is 336 g/mol. The molecule has 0 saturated heterocycles. The summed E-state index contributed by atoms with van der Waals surface area (Å²) in [6.07, 6.45) is 0. The number of rotatable bonds is 4. The molecule has 0 heterocycles. The van der Waals surface area contributed by atoms with Gasteiger partial charge < -0.3 is 10.4 Å². The first-order valence-electron chi connectivity index (χ1n) is 5.80. The topological polar surface area (TPSA) is 49.3 Å². The van der Waals surface area contributed by atoms with Crippen LogP contribution in [0.5, 0.6) is 0 Å². The number of halogens is 3. The third-order valence-electron chi connectivity index (χ3n) is 3.08. The summed E-state index contributed by atoms with van der Waals surface area (Å²) >= 11 is 2.93. The summed E-state index contributed by atoms with van der Waals surface area (Å²) in [7, 11) is 0. The normalized spacial score (nSPS) is 14.3. The van der Waals surface area contributed by atoms with Crippen LogP contribution >= 0.6 is 15.9 Å². The summed E-state index contributed by atoms with van der Waals surface area (Å²) in [6.45, 7) is 5.03. The lowest BCUT2D eigenvalue weighted by Crippen LogP contribution is -2.44. The third-order valence-corrected chi connectivity index (χ3v) is 3.54. The molecule has 2 N–H and O–H groups in total. The smallest absolute Gasteiger partial charge is 0.257 e. The van der Waals surface area contributed by atoms with E-state index in [1.165, 1.54) is 0 Å². The molecule has 0 aliphatic carbocycles. The predicted octanol–water partition coefficient (Wildman–Crippen LogP) is 2.86. The highest BCUT2D eigenvalue weighted by molar-refractivity contribution is 9.10. The summed E-state index contributed by atoms with van der Waals surface area (Å²) < 4.78 is 27.3. The van der Waals surface area contributed by atoms with E-state index in [4.69, 9.17) is 0 Å². The van der Waals surface area contributed by atoms with E-state index in [-0.39, 0.29) is 16.9 Å². The van der Waals surface area contributed by atoms with Gasteiger partial charge in [-0.05, 0) is 25.0 Å². The fraction of sp³-hybridized carbons (Fsp3) is 0.462. The lowest BCUT2D eigenvalue weighted by atomic mass is 9.92. The molecule has 106 valence electrons. The molecule has 1 amide bonds. The van der Waals surface area contributed by atoms with Gasteiger partial charge in [-0.15, -0.1) is 0 Å². The first-order valence-corrected chi connectivity index (χ1v) is 6.59. The van der Waals surface area contributed by atoms with Crippen molar-refractivity contribution in [3.05, 3.63) is 33.8 Å². The molecule has 0 spiro atoms. The fourth-order valence-electron chi connectivity index (χ4n) is 1.31. The van der Waals surface area contributed by atoms with Crippen LogP contribution in [0.4, 0.5) is 8.78 Å². The van der Waals surface area contributed by atoms with Crippen molar-refractivity contribution >= 4 is 21.8 Å². The van der Waals surface area contributed by atoms with E-state index in [1.807, 2.05) is 0 Å². The van der Waals surface area contributed by atoms with Crippen molar-refractivity contribution in [2.45, 2.75) is 26.4 Å². The van der Waals surface area contributed by atoms with E-state index in [9.17, 15) is 18.7 Å². The van der Waals surface area contributed by atoms with Crippen LogP contribution in [0.3, 0.4) is 0 Å². The Kier molecular flexibility index (Phi) is 5.04. The molecule has 0 aliphatic rings. The molecule has 19 heavy (non-hydrogen) atoms. The maximum absolute atomic E-state index is 13.5. The van der Waals surface area contributed by atoms with Crippen LogP contribution in [0.25, 0.3) is 0 Å². The zero-order chi connectivity index (χ0) is 14.8. The summed E-state index contributed by atoms with van der Waals surface area (Å²) in [6, 6.07) is 2.02. The number of aliphatic hydroxyl groups is 1. The largest absolute Gasteiger partial charge is 0.388 e. The Morgan fingerprint density at radius 3 is 2.32 bits per heavy atom. The number of hydrogen-bond acceptors (Lipinski definition) is 2. The minimum Gasteiger partial charge on any atom is -0.388 e. The Morgan fingerprint density at radius 2 is 1.89 bits per heavy atom. The van der Waals surface area contributed by atoms with Gasteiger partial charge in [0, 0.05) is 11.0 Å². The zero-order valence-corrected chi connectivity index (χ0v) is 12.5. The summed E-state index contributed by atoms with van der Waals surface area (Å²) in [5, 5.41) is 12.3. The molecule has 0 fully saturated rings. The molecule has 1 atom stereocenters. The van der Waals surface area contributed by atoms with Crippen LogP contribution in [0.15, 0.2) is 16.6 Å². The first kappa shape index (κ1) is 16.0. The second-order valence-electron chi connectivity index (χ2n) is 4.94. The fourth-order valence-corrected chi connectivity index (χ4v) is 1.71. The van der Waals surface area contributed by atoms with Gasteiger partial charge in [0.05, 0.1) is 5.60 Å². The molecule has 0 unspecified atom stereocenters. The van der Waals surface area contributed by atoms with Crippen molar-refractivity contribution in [3.8, 4) is 0 Å². The quantitative estimate of drug-likeness (QED) is 0.888. The molecular formula is C13H16BrF2NO2. The number of carbonyl (C=O) groups excluding carboxylic acids is 1. The van der Waals surface area contributed by atoms with Gasteiger partial charge in [-0.1, -0.05) is 29.8 Å². The summed E-state index contributed by atoms with van der Waals surface area (Å²) in [4.78, 5) is 11.7. The Balaban J connectivity index is 2.86. The highest BCUT2D eigenvalue weighted by Gasteiger charge is 2.27. The highest BCUT2D eigenvalue weighted by Crippen LogP contribution is 2.20. The molecule has 1 aromatic carbocycles. The molecule has 6 heteroatoms. The number of carbonyl (C=O) groups is 1. The molecule has 3 nitrogen and oxygen atoms in total. The monoisotopic (exact) mass is 335 g/mol. The van der Waals surface area contributed by atoms with Gasteiger partial charge >= 0.3 is 0 Å². The van der Waals surface area contributed by atoms with E-state index >= 15 is 0 Å². The molecule has 1 aromatic rings. The Morgan fingerprint density at radius 1 is 1.42 bits per heavy atom. The van der Waals surface area contributed by atoms with Gasteiger partial charge in [0.1, 0.15) is 17.2 Å². The van der Waals surface area contributed by atoms with Gasteiger partial charge in [-0.25, -0.2) is 8.78 Å².